The van der Waals surface area contributed by atoms with Gasteiger partial charge in [-0.2, -0.15) is 0 Å². The lowest BCUT2D eigenvalue weighted by Gasteiger charge is -2.15. The molecule has 0 aliphatic heterocycles. The van der Waals surface area contributed by atoms with Gasteiger partial charge >= 0.3 is 0 Å². The summed E-state index contributed by atoms with van der Waals surface area (Å²) >= 11 is 1.43. The number of hydrogen-bond acceptors (Lipinski definition) is 5. The van der Waals surface area contributed by atoms with Crippen LogP contribution in [-0.4, -0.2) is 21.8 Å². The predicted octanol–water partition coefficient (Wildman–Crippen LogP) is 2.55. The van der Waals surface area contributed by atoms with Crippen molar-refractivity contribution in [2.75, 3.05) is 12.4 Å². The van der Waals surface area contributed by atoms with Crippen molar-refractivity contribution in [3.05, 3.63) is 27.7 Å². The van der Waals surface area contributed by atoms with E-state index < -0.39 is 0 Å². The maximum Gasteiger partial charge on any atom is 0.261 e. The van der Waals surface area contributed by atoms with Gasteiger partial charge in [-0.05, 0) is 36.8 Å². The molecule has 0 saturated carbocycles. The van der Waals surface area contributed by atoms with E-state index in [0.29, 0.717) is 16.5 Å². The summed E-state index contributed by atoms with van der Waals surface area (Å²) in [5, 5.41) is 12.6. The van der Waals surface area contributed by atoms with Gasteiger partial charge in [0, 0.05) is 19.3 Å². The monoisotopic (exact) mass is 304 g/mol. The van der Waals surface area contributed by atoms with Crippen molar-refractivity contribution in [3.8, 4) is 10.6 Å². The molecule has 5 nitrogen and oxygen atoms in total. The van der Waals surface area contributed by atoms with Crippen LogP contribution in [0.3, 0.4) is 0 Å². The van der Waals surface area contributed by atoms with Crippen LogP contribution in [0.15, 0.2) is 10.9 Å². The molecule has 0 aromatic carbocycles. The molecule has 6 heteroatoms. The number of rotatable bonds is 4. The number of hydrogen-bond donors (Lipinski definition) is 1. The lowest BCUT2D eigenvalue weighted by atomic mass is 10.1. The standard InChI is InChI=1S/C15H20N4OS/c1-9(2)8-19-12-6-4-5-10(12)7-11(14(19)20)13-17-18-15(16-3)21-13/h7,9H,4-6,8H2,1-3H3,(H,16,18). The first-order chi connectivity index (χ1) is 10.1. The number of nitrogens with one attached hydrogen (secondary N) is 1. The van der Waals surface area contributed by atoms with Crippen molar-refractivity contribution < 1.29 is 0 Å². The van der Waals surface area contributed by atoms with Crippen LogP contribution in [0.4, 0.5) is 5.13 Å². The Labute approximate surface area is 128 Å². The van der Waals surface area contributed by atoms with Gasteiger partial charge in [0.2, 0.25) is 5.13 Å². The lowest BCUT2D eigenvalue weighted by Crippen LogP contribution is -2.27. The van der Waals surface area contributed by atoms with Crippen molar-refractivity contribution in [1.29, 1.82) is 0 Å². The van der Waals surface area contributed by atoms with Gasteiger partial charge in [-0.3, -0.25) is 4.79 Å². The van der Waals surface area contributed by atoms with Crippen molar-refractivity contribution in [2.45, 2.75) is 39.7 Å². The van der Waals surface area contributed by atoms with Crippen LogP contribution >= 0.6 is 11.3 Å². The molecule has 0 saturated heterocycles. The minimum Gasteiger partial charge on any atom is -0.363 e. The van der Waals surface area contributed by atoms with E-state index in [2.05, 4.69) is 29.4 Å². The third-order valence-corrected chi connectivity index (χ3v) is 4.74. The highest BCUT2D eigenvalue weighted by atomic mass is 32.1. The molecule has 2 aromatic rings. The van der Waals surface area contributed by atoms with Gasteiger partial charge in [-0.15, -0.1) is 10.2 Å². The fraction of sp³-hybridized carbons (Fsp3) is 0.533. The fourth-order valence-electron chi connectivity index (χ4n) is 2.86. The van der Waals surface area contributed by atoms with E-state index >= 15 is 0 Å². The largest absolute Gasteiger partial charge is 0.363 e. The summed E-state index contributed by atoms with van der Waals surface area (Å²) in [6.45, 7) is 5.06. The lowest BCUT2D eigenvalue weighted by molar-refractivity contribution is 0.498. The third-order valence-electron chi connectivity index (χ3n) is 3.77. The second kappa shape index (κ2) is 5.60. The van der Waals surface area contributed by atoms with Crippen LogP contribution in [-0.2, 0) is 19.4 Å². The number of anilines is 1. The normalized spacial score (nSPS) is 13.7. The summed E-state index contributed by atoms with van der Waals surface area (Å²) in [4.78, 5) is 12.8. The maximum absolute atomic E-state index is 12.8. The van der Waals surface area contributed by atoms with Gasteiger partial charge in [-0.25, -0.2) is 0 Å². The van der Waals surface area contributed by atoms with Crippen LogP contribution in [0.2, 0.25) is 0 Å². The first-order valence-electron chi connectivity index (χ1n) is 7.37. The Morgan fingerprint density at radius 2 is 2.19 bits per heavy atom. The Hall–Kier alpha value is -1.69. The smallest absolute Gasteiger partial charge is 0.261 e. The fourth-order valence-corrected chi connectivity index (χ4v) is 3.57. The second-order valence-corrected chi connectivity index (χ2v) is 6.83. The van der Waals surface area contributed by atoms with E-state index in [1.165, 1.54) is 22.6 Å². The molecule has 0 radical (unpaired) electrons. The van der Waals surface area contributed by atoms with E-state index in [1.807, 2.05) is 17.7 Å². The van der Waals surface area contributed by atoms with Crippen LogP contribution in [0.1, 0.15) is 31.5 Å². The maximum atomic E-state index is 12.8. The molecule has 112 valence electrons. The first kappa shape index (κ1) is 14.3. The SMILES string of the molecule is CNc1nnc(-c2cc3c(n(CC(C)C)c2=O)CCC3)s1. The Morgan fingerprint density at radius 1 is 1.38 bits per heavy atom. The summed E-state index contributed by atoms with van der Waals surface area (Å²) in [5.41, 5.74) is 3.28. The van der Waals surface area contributed by atoms with Crippen LogP contribution in [0.5, 0.6) is 0 Å². The number of nitrogens with zero attached hydrogens (tertiary/aromatic N) is 3. The number of aromatic nitrogens is 3. The highest BCUT2D eigenvalue weighted by Crippen LogP contribution is 2.28. The molecular weight excluding hydrogens is 284 g/mol. The Balaban J connectivity index is 2.15. The Morgan fingerprint density at radius 3 is 2.86 bits per heavy atom. The molecule has 1 aliphatic rings. The molecule has 2 heterocycles. The van der Waals surface area contributed by atoms with E-state index in [0.717, 1.165) is 30.9 Å². The topological polar surface area (TPSA) is 59.8 Å². The predicted molar refractivity (Wildman–Crippen MR) is 86.0 cm³/mol. The number of aryl methyl sites for hydroxylation is 1. The van der Waals surface area contributed by atoms with E-state index in [-0.39, 0.29) is 5.56 Å². The molecule has 3 rings (SSSR count). The molecule has 1 aliphatic carbocycles. The van der Waals surface area contributed by atoms with Gasteiger partial charge in [0.1, 0.15) is 0 Å². The zero-order valence-corrected chi connectivity index (χ0v) is 13.5. The highest BCUT2D eigenvalue weighted by molar-refractivity contribution is 7.18. The second-order valence-electron chi connectivity index (χ2n) is 5.86. The van der Waals surface area contributed by atoms with Crippen molar-refractivity contribution in [1.82, 2.24) is 14.8 Å². The zero-order chi connectivity index (χ0) is 15.0. The first-order valence-corrected chi connectivity index (χ1v) is 8.19. The Kier molecular flexibility index (Phi) is 3.80. The number of pyridine rings is 1. The number of fused-ring (bicyclic) bond motifs is 1. The highest BCUT2D eigenvalue weighted by Gasteiger charge is 2.21. The minimum atomic E-state index is 0.0724. The minimum absolute atomic E-state index is 0.0724. The summed E-state index contributed by atoms with van der Waals surface area (Å²) in [5.74, 6) is 0.449. The molecule has 0 spiro atoms. The molecule has 0 bridgehead atoms. The molecule has 0 unspecified atom stereocenters. The quantitative estimate of drug-likeness (QED) is 0.943. The van der Waals surface area contributed by atoms with Gasteiger partial charge in [-0.1, -0.05) is 25.2 Å². The molecule has 0 amide bonds. The van der Waals surface area contributed by atoms with E-state index in [1.54, 1.807) is 0 Å². The van der Waals surface area contributed by atoms with Gasteiger partial charge in [0.05, 0.1) is 5.56 Å². The molecular formula is C15H20N4OS. The molecule has 21 heavy (non-hydrogen) atoms. The summed E-state index contributed by atoms with van der Waals surface area (Å²) in [6, 6.07) is 2.03. The average Bonchev–Trinajstić information content (AvgIpc) is 3.09. The van der Waals surface area contributed by atoms with Crippen molar-refractivity contribution in [2.24, 2.45) is 5.92 Å². The molecule has 0 atom stereocenters. The average molecular weight is 304 g/mol. The van der Waals surface area contributed by atoms with Crippen LogP contribution in [0.25, 0.3) is 10.6 Å². The van der Waals surface area contributed by atoms with Gasteiger partial charge < -0.3 is 9.88 Å². The molecule has 1 N–H and O–H groups in total. The molecule has 0 fully saturated rings. The molecule has 2 aromatic heterocycles. The van der Waals surface area contributed by atoms with Crippen LogP contribution < -0.4 is 10.9 Å². The summed E-state index contributed by atoms with van der Waals surface area (Å²) in [6.07, 6.45) is 3.20. The Bertz CT molecular complexity index is 717. The van der Waals surface area contributed by atoms with E-state index in [4.69, 9.17) is 0 Å². The van der Waals surface area contributed by atoms with E-state index in [9.17, 15) is 4.79 Å². The van der Waals surface area contributed by atoms with Crippen molar-refractivity contribution >= 4 is 16.5 Å². The van der Waals surface area contributed by atoms with Gasteiger partial charge in [0.15, 0.2) is 5.01 Å². The van der Waals surface area contributed by atoms with Crippen LogP contribution in [0, 0.1) is 5.92 Å². The zero-order valence-electron chi connectivity index (χ0n) is 12.6. The summed E-state index contributed by atoms with van der Waals surface area (Å²) in [7, 11) is 1.81. The third kappa shape index (κ3) is 2.60. The summed E-state index contributed by atoms with van der Waals surface area (Å²) < 4.78 is 1.96. The van der Waals surface area contributed by atoms with Crippen molar-refractivity contribution in [3.63, 3.8) is 0 Å². The van der Waals surface area contributed by atoms with Gasteiger partial charge in [0.25, 0.3) is 5.56 Å².